The third-order valence-corrected chi connectivity index (χ3v) is 5.05. The Hall–Kier alpha value is -2.71. The highest BCUT2D eigenvalue weighted by molar-refractivity contribution is 9.10. The van der Waals surface area contributed by atoms with Gasteiger partial charge in [-0.2, -0.15) is 0 Å². The lowest BCUT2D eigenvalue weighted by atomic mass is 10.1. The lowest BCUT2D eigenvalue weighted by Crippen LogP contribution is -2.36. The first kappa shape index (κ1) is 22.0. The SMILES string of the molecule is CC(=O)NCc1ccc(C(=O)NC(=NCC2CCCO2)Nc2cccc(Br)c2)cc1. The fourth-order valence-electron chi connectivity index (χ4n) is 2.97. The van der Waals surface area contributed by atoms with Gasteiger partial charge in [-0.15, -0.1) is 0 Å². The summed E-state index contributed by atoms with van der Waals surface area (Å²) in [6, 6.07) is 14.7. The van der Waals surface area contributed by atoms with E-state index in [4.69, 9.17) is 4.74 Å². The number of amides is 2. The highest BCUT2D eigenvalue weighted by Crippen LogP contribution is 2.16. The van der Waals surface area contributed by atoms with Crippen molar-refractivity contribution in [3.05, 3.63) is 64.1 Å². The summed E-state index contributed by atoms with van der Waals surface area (Å²) in [6.07, 6.45) is 2.08. The van der Waals surface area contributed by atoms with Crippen LogP contribution in [0.15, 0.2) is 58.0 Å². The van der Waals surface area contributed by atoms with Gasteiger partial charge in [0.2, 0.25) is 11.9 Å². The molecule has 158 valence electrons. The van der Waals surface area contributed by atoms with Gasteiger partial charge in [-0.05, 0) is 48.7 Å². The van der Waals surface area contributed by atoms with Crippen molar-refractivity contribution in [3.8, 4) is 0 Å². The smallest absolute Gasteiger partial charge is 0.257 e. The Morgan fingerprint density at radius 3 is 2.67 bits per heavy atom. The molecule has 1 atom stereocenters. The maximum absolute atomic E-state index is 12.7. The Kier molecular flexibility index (Phi) is 7.98. The molecule has 0 aromatic heterocycles. The van der Waals surface area contributed by atoms with Crippen molar-refractivity contribution in [1.82, 2.24) is 10.6 Å². The fourth-order valence-corrected chi connectivity index (χ4v) is 3.37. The first-order valence-electron chi connectivity index (χ1n) is 9.83. The quantitative estimate of drug-likeness (QED) is 0.443. The number of guanidine groups is 1. The van der Waals surface area contributed by atoms with Crippen molar-refractivity contribution in [2.45, 2.75) is 32.4 Å². The third-order valence-electron chi connectivity index (χ3n) is 4.55. The topological polar surface area (TPSA) is 91.8 Å². The van der Waals surface area contributed by atoms with Gasteiger partial charge in [0.25, 0.3) is 5.91 Å². The number of nitrogens with one attached hydrogen (secondary N) is 3. The van der Waals surface area contributed by atoms with Crippen molar-refractivity contribution >= 4 is 39.4 Å². The Labute approximate surface area is 184 Å². The van der Waals surface area contributed by atoms with E-state index in [0.29, 0.717) is 24.6 Å². The second-order valence-electron chi connectivity index (χ2n) is 7.02. The highest BCUT2D eigenvalue weighted by atomic mass is 79.9. The van der Waals surface area contributed by atoms with E-state index in [-0.39, 0.29) is 17.9 Å². The predicted octanol–water partition coefficient (Wildman–Crippen LogP) is 3.46. The van der Waals surface area contributed by atoms with Crippen molar-refractivity contribution in [1.29, 1.82) is 0 Å². The van der Waals surface area contributed by atoms with Crippen LogP contribution in [0.2, 0.25) is 0 Å². The molecule has 1 saturated heterocycles. The van der Waals surface area contributed by atoms with E-state index in [2.05, 4.69) is 36.9 Å². The maximum atomic E-state index is 12.7. The van der Waals surface area contributed by atoms with E-state index in [9.17, 15) is 9.59 Å². The Morgan fingerprint density at radius 2 is 2.00 bits per heavy atom. The summed E-state index contributed by atoms with van der Waals surface area (Å²) in [6.45, 7) is 3.13. The highest BCUT2D eigenvalue weighted by Gasteiger charge is 2.16. The van der Waals surface area contributed by atoms with Crippen LogP contribution in [0.25, 0.3) is 0 Å². The molecule has 0 spiro atoms. The van der Waals surface area contributed by atoms with E-state index in [1.54, 1.807) is 12.1 Å². The largest absolute Gasteiger partial charge is 0.376 e. The van der Waals surface area contributed by atoms with Crippen LogP contribution in [-0.2, 0) is 16.1 Å². The minimum atomic E-state index is -0.269. The van der Waals surface area contributed by atoms with E-state index < -0.39 is 0 Å². The number of nitrogens with zero attached hydrogens (tertiary/aromatic N) is 1. The van der Waals surface area contributed by atoms with Crippen LogP contribution < -0.4 is 16.0 Å². The average molecular weight is 473 g/mol. The predicted molar refractivity (Wildman–Crippen MR) is 120 cm³/mol. The molecule has 1 unspecified atom stereocenters. The van der Waals surface area contributed by atoms with Crippen LogP contribution in [0, 0.1) is 0 Å². The lowest BCUT2D eigenvalue weighted by Gasteiger charge is -2.14. The molecular weight excluding hydrogens is 448 g/mol. The van der Waals surface area contributed by atoms with Gasteiger partial charge in [-0.3, -0.25) is 14.9 Å². The van der Waals surface area contributed by atoms with Crippen molar-refractivity contribution < 1.29 is 14.3 Å². The molecule has 0 radical (unpaired) electrons. The zero-order chi connectivity index (χ0) is 21.3. The minimum absolute atomic E-state index is 0.0780. The summed E-state index contributed by atoms with van der Waals surface area (Å²) < 4.78 is 6.55. The number of ether oxygens (including phenoxy) is 1. The molecule has 2 aromatic carbocycles. The molecular formula is C22H25BrN4O3. The molecule has 0 saturated carbocycles. The van der Waals surface area contributed by atoms with Gasteiger partial charge in [-0.1, -0.05) is 34.1 Å². The summed E-state index contributed by atoms with van der Waals surface area (Å²) in [4.78, 5) is 28.3. The van der Waals surface area contributed by atoms with Gasteiger partial charge < -0.3 is 15.4 Å². The molecule has 2 aromatic rings. The van der Waals surface area contributed by atoms with Crippen LogP contribution in [-0.4, -0.2) is 37.0 Å². The Bertz CT molecular complexity index is 909. The first-order chi connectivity index (χ1) is 14.5. The molecule has 30 heavy (non-hydrogen) atoms. The zero-order valence-corrected chi connectivity index (χ0v) is 18.4. The van der Waals surface area contributed by atoms with Gasteiger partial charge in [-0.25, -0.2) is 4.99 Å². The number of rotatable bonds is 6. The summed E-state index contributed by atoms with van der Waals surface area (Å²) in [7, 11) is 0. The van der Waals surface area contributed by atoms with E-state index in [1.807, 2.05) is 36.4 Å². The summed E-state index contributed by atoms with van der Waals surface area (Å²) in [5.74, 6) is 0.00752. The molecule has 3 rings (SSSR count). The number of anilines is 1. The molecule has 0 bridgehead atoms. The second kappa shape index (κ2) is 10.9. The summed E-state index contributed by atoms with van der Waals surface area (Å²) in [5, 5.41) is 8.76. The van der Waals surface area contributed by atoms with Crippen LogP contribution >= 0.6 is 15.9 Å². The maximum Gasteiger partial charge on any atom is 0.257 e. The number of halogens is 1. The molecule has 0 aliphatic carbocycles. The van der Waals surface area contributed by atoms with Gasteiger partial charge in [0.15, 0.2) is 0 Å². The first-order valence-corrected chi connectivity index (χ1v) is 10.6. The van der Waals surface area contributed by atoms with Crippen LogP contribution in [0.5, 0.6) is 0 Å². The fraction of sp³-hybridized carbons (Fsp3) is 0.318. The van der Waals surface area contributed by atoms with E-state index in [0.717, 1.165) is 35.2 Å². The normalized spacial score (nSPS) is 16.2. The van der Waals surface area contributed by atoms with Gasteiger partial charge in [0, 0.05) is 35.8 Å². The van der Waals surface area contributed by atoms with Crippen LogP contribution in [0.3, 0.4) is 0 Å². The summed E-state index contributed by atoms with van der Waals surface area (Å²) in [5.41, 5.74) is 2.23. The molecule has 1 heterocycles. The number of aliphatic imine (C=N–C) groups is 1. The Balaban J connectivity index is 1.68. The van der Waals surface area contributed by atoms with E-state index in [1.165, 1.54) is 6.92 Å². The van der Waals surface area contributed by atoms with Gasteiger partial charge in [0.05, 0.1) is 12.6 Å². The molecule has 7 nitrogen and oxygen atoms in total. The van der Waals surface area contributed by atoms with Crippen molar-refractivity contribution in [3.63, 3.8) is 0 Å². The number of carbonyl (C=O) groups excluding carboxylic acids is 2. The zero-order valence-electron chi connectivity index (χ0n) is 16.8. The van der Waals surface area contributed by atoms with E-state index >= 15 is 0 Å². The molecule has 2 amide bonds. The molecule has 3 N–H and O–H groups in total. The molecule has 1 aliphatic rings. The molecule has 1 fully saturated rings. The lowest BCUT2D eigenvalue weighted by molar-refractivity contribution is -0.119. The molecule has 1 aliphatic heterocycles. The standard InChI is InChI=1S/C22H25BrN4O3/c1-15(28)24-13-16-7-9-17(10-8-16)21(29)27-22(25-14-20-6-3-11-30-20)26-19-5-2-4-18(23)12-19/h2,4-5,7-10,12,20H,3,6,11,13-14H2,1H3,(H,24,28)(H2,25,26,27,29). The minimum Gasteiger partial charge on any atom is -0.376 e. The monoisotopic (exact) mass is 472 g/mol. The third kappa shape index (κ3) is 6.96. The summed E-state index contributed by atoms with van der Waals surface area (Å²) >= 11 is 3.45. The van der Waals surface area contributed by atoms with Crippen LogP contribution in [0.1, 0.15) is 35.7 Å². The number of hydrogen-bond donors (Lipinski definition) is 3. The van der Waals surface area contributed by atoms with Crippen LogP contribution in [0.4, 0.5) is 5.69 Å². The molecule has 8 heteroatoms. The second-order valence-corrected chi connectivity index (χ2v) is 7.94. The number of benzene rings is 2. The number of carbonyl (C=O) groups is 2. The number of hydrogen-bond acceptors (Lipinski definition) is 4. The van der Waals surface area contributed by atoms with Crippen molar-refractivity contribution in [2.24, 2.45) is 4.99 Å². The van der Waals surface area contributed by atoms with Gasteiger partial charge >= 0.3 is 0 Å². The van der Waals surface area contributed by atoms with Crippen molar-refractivity contribution in [2.75, 3.05) is 18.5 Å². The average Bonchev–Trinajstić information content (AvgIpc) is 3.24. The Morgan fingerprint density at radius 1 is 1.20 bits per heavy atom. The van der Waals surface area contributed by atoms with Gasteiger partial charge in [0.1, 0.15) is 0 Å².